The molecule has 0 saturated heterocycles. The second-order valence-electron chi connectivity index (χ2n) is 3.10. The summed E-state index contributed by atoms with van der Waals surface area (Å²) in [6.45, 7) is 0. The van der Waals surface area contributed by atoms with E-state index in [1.165, 1.54) is 25.3 Å². The number of aromatic amines is 1. The Morgan fingerprint density at radius 1 is 1.53 bits per heavy atom. The number of fused-ring (bicyclic) bond motifs is 1. The maximum absolute atomic E-state index is 12.9. The van der Waals surface area contributed by atoms with Gasteiger partial charge in [-0.15, -0.1) is 0 Å². The monoisotopic (exact) mass is 208 g/mol. The normalized spacial score (nSPS) is 10.5. The topological polar surface area (TPSA) is 68.1 Å². The number of anilines is 1. The van der Waals surface area contributed by atoms with Gasteiger partial charge in [0.15, 0.2) is 0 Å². The number of nitrogens with one attached hydrogen (secondary N) is 1. The first-order valence-electron chi connectivity index (χ1n) is 4.28. The van der Waals surface area contributed by atoms with Crippen molar-refractivity contribution in [2.24, 2.45) is 0 Å². The summed E-state index contributed by atoms with van der Waals surface area (Å²) in [5.41, 5.74) is 6.65. The van der Waals surface area contributed by atoms with E-state index in [0.717, 1.165) is 0 Å². The summed E-state index contributed by atoms with van der Waals surface area (Å²) in [5.74, 6) is -0.964. The number of carbonyl (C=O) groups is 1. The molecule has 0 spiro atoms. The van der Waals surface area contributed by atoms with Crippen LogP contribution in [0.3, 0.4) is 0 Å². The zero-order chi connectivity index (χ0) is 11.0. The van der Waals surface area contributed by atoms with Crippen molar-refractivity contribution in [1.29, 1.82) is 0 Å². The van der Waals surface area contributed by atoms with Crippen LogP contribution in [0.5, 0.6) is 0 Å². The lowest BCUT2D eigenvalue weighted by molar-refractivity contribution is 0.0596. The summed E-state index contributed by atoms with van der Waals surface area (Å²) in [5, 5.41) is 0.482. The molecule has 2 rings (SSSR count). The highest BCUT2D eigenvalue weighted by Gasteiger charge is 2.15. The van der Waals surface area contributed by atoms with Crippen LogP contribution in [0.4, 0.5) is 10.1 Å². The molecule has 0 radical (unpaired) electrons. The first kappa shape index (κ1) is 9.51. The van der Waals surface area contributed by atoms with Crippen LogP contribution in [0.15, 0.2) is 18.2 Å². The van der Waals surface area contributed by atoms with Gasteiger partial charge in [-0.1, -0.05) is 0 Å². The largest absolute Gasteiger partial charge is 0.464 e. The van der Waals surface area contributed by atoms with Crippen molar-refractivity contribution in [2.45, 2.75) is 0 Å². The number of ether oxygens (including phenoxy) is 1. The molecule has 0 unspecified atom stereocenters. The van der Waals surface area contributed by atoms with E-state index in [2.05, 4.69) is 9.72 Å². The van der Waals surface area contributed by atoms with Crippen LogP contribution < -0.4 is 5.73 Å². The minimum atomic E-state index is -0.566. The van der Waals surface area contributed by atoms with Gasteiger partial charge in [-0.05, 0) is 18.2 Å². The lowest BCUT2D eigenvalue weighted by Crippen LogP contribution is -2.04. The van der Waals surface area contributed by atoms with Crippen molar-refractivity contribution in [1.82, 2.24) is 4.98 Å². The highest BCUT2D eigenvalue weighted by Crippen LogP contribution is 2.25. The molecular weight excluding hydrogens is 199 g/mol. The lowest BCUT2D eigenvalue weighted by Gasteiger charge is -1.96. The molecular formula is C10H9FN2O2. The minimum absolute atomic E-state index is 0.151. The van der Waals surface area contributed by atoms with Gasteiger partial charge >= 0.3 is 5.97 Å². The van der Waals surface area contributed by atoms with Crippen LogP contribution in [-0.2, 0) is 4.74 Å². The van der Waals surface area contributed by atoms with Gasteiger partial charge < -0.3 is 15.5 Å². The van der Waals surface area contributed by atoms with Gasteiger partial charge in [-0.3, -0.25) is 0 Å². The molecule has 2 aromatic rings. The Morgan fingerprint density at radius 2 is 2.27 bits per heavy atom. The zero-order valence-corrected chi connectivity index (χ0v) is 8.00. The standard InChI is InChI=1S/C10H9FN2O2/c1-15-10(14)9-8(12)6-4-5(11)2-3-7(6)13-9/h2-4,13H,12H2,1H3. The van der Waals surface area contributed by atoms with E-state index in [1.807, 2.05) is 0 Å². The molecule has 0 atom stereocenters. The maximum Gasteiger partial charge on any atom is 0.356 e. The lowest BCUT2D eigenvalue weighted by atomic mass is 10.2. The molecule has 5 heteroatoms. The zero-order valence-electron chi connectivity index (χ0n) is 8.00. The second kappa shape index (κ2) is 3.27. The molecule has 0 amide bonds. The van der Waals surface area contributed by atoms with E-state index in [9.17, 15) is 9.18 Å². The third-order valence-electron chi connectivity index (χ3n) is 2.19. The predicted molar refractivity (Wildman–Crippen MR) is 54.0 cm³/mol. The quantitative estimate of drug-likeness (QED) is 0.700. The molecule has 0 bridgehead atoms. The molecule has 1 aromatic heterocycles. The van der Waals surface area contributed by atoms with E-state index >= 15 is 0 Å². The van der Waals surface area contributed by atoms with Gasteiger partial charge in [0.25, 0.3) is 0 Å². The highest BCUT2D eigenvalue weighted by atomic mass is 19.1. The Morgan fingerprint density at radius 3 is 2.93 bits per heavy atom. The number of carbonyl (C=O) groups excluding carboxylic acids is 1. The number of halogens is 1. The van der Waals surface area contributed by atoms with Crippen molar-refractivity contribution < 1.29 is 13.9 Å². The summed E-state index contributed by atoms with van der Waals surface area (Å²) < 4.78 is 17.5. The summed E-state index contributed by atoms with van der Waals surface area (Å²) in [7, 11) is 1.26. The van der Waals surface area contributed by atoms with Crippen LogP contribution >= 0.6 is 0 Å². The molecule has 0 aliphatic heterocycles. The third-order valence-corrected chi connectivity index (χ3v) is 2.19. The van der Waals surface area contributed by atoms with Crippen LogP contribution in [0.2, 0.25) is 0 Å². The first-order valence-corrected chi connectivity index (χ1v) is 4.28. The van der Waals surface area contributed by atoms with E-state index < -0.39 is 11.8 Å². The van der Waals surface area contributed by atoms with Crippen molar-refractivity contribution in [3.63, 3.8) is 0 Å². The Labute approximate surface area is 84.8 Å². The molecule has 1 aromatic carbocycles. The number of methoxy groups -OCH3 is 1. The number of esters is 1. The highest BCUT2D eigenvalue weighted by molar-refractivity contribution is 6.05. The van der Waals surface area contributed by atoms with E-state index in [-0.39, 0.29) is 11.4 Å². The van der Waals surface area contributed by atoms with Gasteiger partial charge in [0.05, 0.1) is 12.8 Å². The molecule has 4 nitrogen and oxygen atoms in total. The molecule has 78 valence electrons. The second-order valence-corrected chi connectivity index (χ2v) is 3.10. The van der Waals surface area contributed by atoms with Crippen molar-refractivity contribution >= 4 is 22.6 Å². The molecule has 0 fully saturated rings. The molecule has 3 N–H and O–H groups in total. The van der Waals surface area contributed by atoms with Crippen molar-refractivity contribution in [3.05, 3.63) is 29.7 Å². The molecule has 0 aliphatic carbocycles. The Kier molecular flexibility index (Phi) is 2.07. The third kappa shape index (κ3) is 1.41. The number of rotatable bonds is 1. The smallest absolute Gasteiger partial charge is 0.356 e. The average Bonchev–Trinajstić information content (AvgIpc) is 2.55. The number of nitrogens with two attached hydrogens (primary N) is 1. The van der Waals surface area contributed by atoms with Crippen molar-refractivity contribution in [3.8, 4) is 0 Å². The first-order chi connectivity index (χ1) is 7.13. The number of hydrogen-bond acceptors (Lipinski definition) is 3. The fourth-order valence-corrected chi connectivity index (χ4v) is 1.45. The Hall–Kier alpha value is -2.04. The molecule has 0 aliphatic rings. The maximum atomic E-state index is 12.9. The van der Waals surface area contributed by atoms with E-state index in [4.69, 9.17) is 5.73 Å². The van der Waals surface area contributed by atoms with Gasteiger partial charge in [0.1, 0.15) is 11.5 Å². The van der Waals surface area contributed by atoms with Gasteiger partial charge in [-0.25, -0.2) is 9.18 Å². The SMILES string of the molecule is COC(=O)c1[nH]c2ccc(F)cc2c1N. The van der Waals surface area contributed by atoms with Gasteiger partial charge in [0.2, 0.25) is 0 Å². The van der Waals surface area contributed by atoms with E-state index in [1.54, 1.807) is 0 Å². The summed E-state index contributed by atoms with van der Waals surface area (Å²) >= 11 is 0. The van der Waals surface area contributed by atoms with Crippen molar-refractivity contribution in [2.75, 3.05) is 12.8 Å². The molecule has 0 saturated carbocycles. The Balaban J connectivity index is 2.69. The summed E-state index contributed by atoms with van der Waals surface area (Å²) in [6, 6.07) is 4.08. The van der Waals surface area contributed by atoms with Crippen LogP contribution in [0.1, 0.15) is 10.5 Å². The predicted octanol–water partition coefficient (Wildman–Crippen LogP) is 1.68. The average molecular weight is 208 g/mol. The van der Waals surface area contributed by atoms with Crippen LogP contribution in [0, 0.1) is 5.82 Å². The summed E-state index contributed by atoms with van der Waals surface area (Å²) in [4.78, 5) is 14.0. The van der Waals surface area contributed by atoms with Crippen LogP contribution in [0.25, 0.3) is 10.9 Å². The minimum Gasteiger partial charge on any atom is -0.464 e. The number of H-pyrrole nitrogens is 1. The van der Waals surface area contributed by atoms with Crippen LogP contribution in [-0.4, -0.2) is 18.1 Å². The molecule has 15 heavy (non-hydrogen) atoms. The van der Waals surface area contributed by atoms with Gasteiger partial charge in [-0.2, -0.15) is 0 Å². The van der Waals surface area contributed by atoms with Gasteiger partial charge in [0, 0.05) is 10.9 Å². The fraction of sp³-hybridized carbons (Fsp3) is 0.100. The van der Waals surface area contributed by atoms with E-state index in [0.29, 0.717) is 10.9 Å². The summed E-state index contributed by atoms with van der Waals surface area (Å²) in [6.07, 6.45) is 0. The fourth-order valence-electron chi connectivity index (χ4n) is 1.45. The number of nitrogen functional groups attached to an aromatic ring is 1. The number of benzene rings is 1. The molecule has 1 heterocycles. The number of hydrogen-bond donors (Lipinski definition) is 2. The number of aromatic nitrogens is 1. The Bertz CT molecular complexity index is 533.